The summed E-state index contributed by atoms with van der Waals surface area (Å²) in [5.74, 6) is -2.13. The number of aliphatic hydroxyl groups is 1. The summed E-state index contributed by atoms with van der Waals surface area (Å²) in [6, 6.07) is 1.97. The van der Waals surface area contributed by atoms with Crippen LogP contribution in [0.3, 0.4) is 0 Å². The van der Waals surface area contributed by atoms with Gasteiger partial charge in [-0.05, 0) is 32.0 Å². The highest BCUT2D eigenvalue weighted by molar-refractivity contribution is 6.32. The number of hydrogen-bond donors (Lipinski definition) is 2. The Hall–Kier alpha value is -3.72. The van der Waals surface area contributed by atoms with Gasteiger partial charge in [0, 0.05) is 5.56 Å². The lowest BCUT2D eigenvalue weighted by atomic mass is 10.2. The average Bonchev–Trinajstić information content (AvgIpc) is 3.43. The minimum Gasteiger partial charge on any atom is -0.447 e. The Labute approximate surface area is 205 Å². The number of carbonyl (C=O) groups is 1. The predicted molar refractivity (Wildman–Crippen MR) is 115 cm³/mol. The van der Waals surface area contributed by atoms with Crippen LogP contribution in [0, 0.1) is 5.82 Å². The molecule has 3 atom stereocenters. The molecule has 0 radical (unpaired) electrons. The second-order valence-electron chi connectivity index (χ2n) is 7.64. The molecule has 2 N–H and O–H groups in total. The lowest BCUT2D eigenvalue weighted by Crippen LogP contribution is -2.42. The fourth-order valence-corrected chi connectivity index (χ4v) is 3.42. The van der Waals surface area contributed by atoms with E-state index in [2.05, 4.69) is 30.2 Å². The highest BCUT2D eigenvalue weighted by atomic mass is 35.5. The quantitative estimate of drug-likeness (QED) is 0.428. The monoisotopic (exact) mass is 532 g/mol. The maximum Gasteiger partial charge on any atom is 0.573 e. The normalized spacial score (nSPS) is 17.6. The second kappa shape index (κ2) is 9.73. The summed E-state index contributed by atoms with van der Waals surface area (Å²) >= 11 is 5.76. The van der Waals surface area contributed by atoms with E-state index < -0.39 is 48.0 Å². The van der Waals surface area contributed by atoms with Crippen molar-refractivity contribution in [3.63, 3.8) is 0 Å². The van der Waals surface area contributed by atoms with Gasteiger partial charge in [0.05, 0.1) is 17.3 Å². The van der Waals surface area contributed by atoms with E-state index >= 15 is 0 Å². The summed E-state index contributed by atoms with van der Waals surface area (Å²) in [6.45, 7) is 2.85. The van der Waals surface area contributed by atoms with Crippen molar-refractivity contribution in [2.45, 2.75) is 38.4 Å². The number of benzene rings is 1. The van der Waals surface area contributed by atoms with Gasteiger partial charge in [-0.1, -0.05) is 16.8 Å². The molecule has 0 saturated carbocycles. The molecule has 1 unspecified atom stereocenters. The number of halogens is 5. The van der Waals surface area contributed by atoms with E-state index in [0.717, 1.165) is 17.2 Å². The number of cyclic esters (lactones) is 1. The Morgan fingerprint density at radius 3 is 2.75 bits per heavy atom. The van der Waals surface area contributed by atoms with E-state index in [1.165, 1.54) is 19.1 Å². The average molecular weight is 533 g/mol. The van der Waals surface area contributed by atoms with Crippen LogP contribution in [0.2, 0.25) is 5.02 Å². The van der Waals surface area contributed by atoms with Crippen LogP contribution >= 0.6 is 11.6 Å². The van der Waals surface area contributed by atoms with Gasteiger partial charge in [0.25, 0.3) is 0 Å². The number of nitrogens with one attached hydrogen (secondary N) is 1. The van der Waals surface area contributed by atoms with Crippen molar-refractivity contribution in [1.29, 1.82) is 0 Å². The molecule has 3 heterocycles. The molecule has 1 fully saturated rings. The van der Waals surface area contributed by atoms with Gasteiger partial charge in [-0.25, -0.2) is 19.1 Å². The SMILES string of the molecule is CC(Nc1ncc(F)c(N2C(=O)OC[C@@H]2[C@@H](C)O)n1)c1nc(-c2ccc(Cl)c(OC(F)(F)F)c2)no1. The molecule has 16 heteroatoms. The summed E-state index contributed by atoms with van der Waals surface area (Å²) in [5, 5.41) is 16.2. The molecule has 0 spiro atoms. The third-order valence-electron chi connectivity index (χ3n) is 4.99. The molecule has 1 aromatic carbocycles. The molecule has 192 valence electrons. The molecule has 0 bridgehead atoms. The Kier molecular flexibility index (Phi) is 6.86. The first-order valence-electron chi connectivity index (χ1n) is 10.3. The minimum absolute atomic E-state index is 0.00449. The van der Waals surface area contributed by atoms with Crippen molar-refractivity contribution in [1.82, 2.24) is 20.1 Å². The number of anilines is 2. The summed E-state index contributed by atoms with van der Waals surface area (Å²) in [4.78, 5) is 25.0. The molecular weight excluding hydrogens is 516 g/mol. The smallest absolute Gasteiger partial charge is 0.447 e. The molecule has 1 amide bonds. The lowest BCUT2D eigenvalue weighted by molar-refractivity contribution is -0.274. The fraction of sp³-hybridized carbons (Fsp3) is 0.350. The van der Waals surface area contributed by atoms with Crippen molar-refractivity contribution in [3.05, 3.63) is 41.1 Å². The zero-order valence-corrected chi connectivity index (χ0v) is 19.2. The Bertz CT molecular complexity index is 1270. The molecule has 1 aliphatic rings. The molecular formula is C20H17ClF4N6O5. The Morgan fingerprint density at radius 2 is 2.06 bits per heavy atom. The van der Waals surface area contributed by atoms with Gasteiger partial charge in [-0.3, -0.25) is 0 Å². The van der Waals surface area contributed by atoms with Gasteiger partial charge in [-0.2, -0.15) is 9.97 Å². The van der Waals surface area contributed by atoms with Gasteiger partial charge >= 0.3 is 12.5 Å². The first-order chi connectivity index (χ1) is 16.9. The molecule has 2 aromatic heterocycles. The molecule has 4 rings (SSSR count). The molecule has 11 nitrogen and oxygen atoms in total. The first-order valence-corrected chi connectivity index (χ1v) is 10.6. The summed E-state index contributed by atoms with van der Waals surface area (Å²) < 4.78 is 66.2. The molecule has 0 aliphatic carbocycles. The minimum atomic E-state index is -4.95. The lowest BCUT2D eigenvalue weighted by Gasteiger charge is -2.23. The number of ether oxygens (including phenoxy) is 2. The maximum atomic E-state index is 14.4. The van der Waals surface area contributed by atoms with Crippen molar-refractivity contribution < 1.29 is 41.5 Å². The van der Waals surface area contributed by atoms with E-state index in [-0.39, 0.29) is 34.9 Å². The van der Waals surface area contributed by atoms with Crippen molar-refractivity contribution in [2.75, 3.05) is 16.8 Å². The third kappa shape index (κ3) is 5.41. The Morgan fingerprint density at radius 1 is 1.31 bits per heavy atom. The van der Waals surface area contributed by atoms with Gasteiger partial charge in [-0.15, -0.1) is 13.2 Å². The number of amides is 1. The van der Waals surface area contributed by atoms with Crippen LogP contribution < -0.4 is 15.0 Å². The number of alkyl halides is 3. The topological polar surface area (TPSA) is 136 Å². The number of rotatable bonds is 7. The number of aromatic nitrogens is 4. The van der Waals surface area contributed by atoms with Crippen LogP contribution in [0.4, 0.5) is 34.1 Å². The van der Waals surface area contributed by atoms with Crippen LogP contribution in [0.1, 0.15) is 25.8 Å². The van der Waals surface area contributed by atoms with Gasteiger partial charge in [0.15, 0.2) is 11.6 Å². The fourth-order valence-electron chi connectivity index (χ4n) is 3.26. The van der Waals surface area contributed by atoms with Crippen LogP contribution in [-0.2, 0) is 4.74 Å². The summed E-state index contributed by atoms with van der Waals surface area (Å²) in [5.41, 5.74) is 0.137. The first kappa shape index (κ1) is 25.4. The van der Waals surface area contributed by atoms with Crippen LogP contribution in [0.5, 0.6) is 5.75 Å². The molecule has 1 saturated heterocycles. The zero-order chi connectivity index (χ0) is 26.2. The van der Waals surface area contributed by atoms with Crippen LogP contribution in [0.25, 0.3) is 11.4 Å². The number of hydrogen-bond acceptors (Lipinski definition) is 10. The van der Waals surface area contributed by atoms with Crippen LogP contribution in [-0.4, -0.2) is 56.4 Å². The number of carbonyl (C=O) groups excluding carboxylic acids is 1. The van der Waals surface area contributed by atoms with E-state index in [9.17, 15) is 27.5 Å². The zero-order valence-electron chi connectivity index (χ0n) is 18.5. The van der Waals surface area contributed by atoms with Gasteiger partial charge in [0.1, 0.15) is 24.4 Å². The molecule has 36 heavy (non-hydrogen) atoms. The predicted octanol–water partition coefficient (Wildman–Crippen LogP) is 4.10. The maximum absolute atomic E-state index is 14.4. The largest absolute Gasteiger partial charge is 0.573 e. The standard InChI is InChI=1S/C20H17ClF4N6O5/c1-8(17-28-15(30-36-17)10-3-4-11(21)14(5-10)35-20(23,24)25)27-18-26-6-12(22)16(29-18)31-13(9(2)32)7-34-19(31)33/h3-6,8-9,13,32H,7H2,1-2H3,(H,26,27,29)/t8?,9-,13-/m1/s1. The summed E-state index contributed by atoms with van der Waals surface area (Å²) in [7, 11) is 0. The van der Waals surface area contributed by atoms with Crippen LogP contribution in [0.15, 0.2) is 28.9 Å². The highest BCUT2D eigenvalue weighted by Gasteiger charge is 2.40. The van der Waals surface area contributed by atoms with E-state index in [1.54, 1.807) is 6.92 Å². The van der Waals surface area contributed by atoms with Gasteiger partial charge < -0.3 is 24.4 Å². The van der Waals surface area contributed by atoms with E-state index in [1.807, 2.05) is 0 Å². The van der Waals surface area contributed by atoms with Crippen molar-refractivity contribution in [2.24, 2.45) is 0 Å². The Balaban J connectivity index is 1.53. The van der Waals surface area contributed by atoms with Crippen molar-refractivity contribution >= 4 is 29.5 Å². The van der Waals surface area contributed by atoms with Gasteiger partial charge in [0.2, 0.25) is 17.7 Å². The third-order valence-corrected chi connectivity index (χ3v) is 5.30. The van der Waals surface area contributed by atoms with E-state index in [4.69, 9.17) is 20.9 Å². The number of aliphatic hydroxyl groups excluding tert-OH is 1. The molecule has 3 aromatic rings. The van der Waals surface area contributed by atoms with Crippen molar-refractivity contribution in [3.8, 4) is 17.1 Å². The van der Waals surface area contributed by atoms with E-state index in [0.29, 0.717) is 0 Å². The molecule has 1 aliphatic heterocycles. The highest BCUT2D eigenvalue weighted by Crippen LogP contribution is 2.34. The second-order valence-corrected chi connectivity index (χ2v) is 8.04. The number of nitrogens with zero attached hydrogens (tertiary/aromatic N) is 5. The summed E-state index contributed by atoms with van der Waals surface area (Å²) in [6.07, 6.45) is -6.01.